The molecule has 0 aliphatic heterocycles. The smallest absolute Gasteiger partial charge is 0.0208 e. The minimum absolute atomic E-state index is 0.766. The monoisotopic (exact) mass is 245 g/mol. The molecule has 2 atom stereocenters. The van der Waals surface area contributed by atoms with E-state index < -0.39 is 0 Å². The molecule has 1 aliphatic carbocycles. The number of benzene rings is 1. The molecule has 1 aliphatic rings. The van der Waals surface area contributed by atoms with Crippen LogP contribution in [0.4, 0.5) is 0 Å². The van der Waals surface area contributed by atoms with Gasteiger partial charge in [-0.15, -0.1) is 0 Å². The van der Waals surface area contributed by atoms with Crippen LogP contribution in [0, 0.1) is 5.92 Å². The first-order valence-corrected chi connectivity index (χ1v) is 7.67. The SMILES string of the molecule is CCCCC[C@@H]1CCC[C@H]1NCc1ccccc1. The van der Waals surface area contributed by atoms with Crippen LogP contribution in [-0.2, 0) is 6.54 Å². The highest BCUT2D eigenvalue weighted by Crippen LogP contribution is 2.30. The lowest BCUT2D eigenvalue weighted by Crippen LogP contribution is -2.31. The van der Waals surface area contributed by atoms with Crippen molar-refractivity contribution in [3.8, 4) is 0 Å². The molecular formula is C17H27N. The van der Waals surface area contributed by atoms with Crippen LogP contribution in [-0.4, -0.2) is 6.04 Å². The molecule has 0 radical (unpaired) electrons. The van der Waals surface area contributed by atoms with Crippen LogP contribution < -0.4 is 5.32 Å². The van der Waals surface area contributed by atoms with Crippen LogP contribution in [0.3, 0.4) is 0 Å². The van der Waals surface area contributed by atoms with E-state index in [0.29, 0.717) is 0 Å². The summed E-state index contributed by atoms with van der Waals surface area (Å²) in [7, 11) is 0. The summed E-state index contributed by atoms with van der Waals surface area (Å²) >= 11 is 0. The van der Waals surface area contributed by atoms with E-state index in [4.69, 9.17) is 0 Å². The van der Waals surface area contributed by atoms with E-state index in [1.54, 1.807) is 0 Å². The minimum atomic E-state index is 0.766. The van der Waals surface area contributed by atoms with E-state index >= 15 is 0 Å². The summed E-state index contributed by atoms with van der Waals surface area (Å²) in [5.74, 6) is 0.931. The summed E-state index contributed by atoms with van der Waals surface area (Å²) in [6.07, 6.45) is 9.84. The van der Waals surface area contributed by atoms with Crippen molar-refractivity contribution in [2.24, 2.45) is 5.92 Å². The zero-order valence-corrected chi connectivity index (χ0v) is 11.7. The van der Waals surface area contributed by atoms with Gasteiger partial charge >= 0.3 is 0 Å². The van der Waals surface area contributed by atoms with Gasteiger partial charge in [0.2, 0.25) is 0 Å². The van der Waals surface area contributed by atoms with Gasteiger partial charge in [0, 0.05) is 12.6 Å². The molecule has 100 valence electrons. The summed E-state index contributed by atoms with van der Waals surface area (Å²) in [5, 5.41) is 3.77. The number of hydrogen-bond acceptors (Lipinski definition) is 1. The highest BCUT2D eigenvalue weighted by Gasteiger charge is 2.25. The lowest BCUT2D eigenvalue weighted by atomic mass is 9.96. The molecule has 1 heteroatoms. The van der Waals surface area contributed by atoms with Crippen molar-refractivity contribution in [3.63, 3.8) is 0 Å². The second-order valence-corrected chi connectivity index (χ2v) is 5.66. The summed E-state index contributed by atoms with van der Waals surface area (Å²) in [5.41, 5.74) is 1.41. The highest BCUT2D eigenvalue weighted by molar-refractivity contribution is 5.14. The maximum atomic E-state index is 3.77. The van der Waals surface area contributed by atoms with Gasteiger partial charge in [-0.2, -0.15) is 0 Å². The number of unbranched alkanes of at least 4 members (excludes halogenated alkanes) is 2. The fourth-order valence-electron chi connectivity index (χ4n) is 3.15. The Morgan fingerprint density at radius 2 is 1.94 bits per heavy atom. The zero-order valence-electron chi connectivity index (χ0n) is 11.7. The average Bonchev–Trinajstić information content (AvgIpc) is 2.86. The Bertz CT molecular complexity index is 320. The zero-order chi connectivity index (χ0) is 12.6. The van der Waals surface area contributed by atoms with E-state index in [-0.39, 0.29) is 0 Å². The van der Waals surface area contributed by atoms with Crippen LogP contribution in [0.2, 0.25) is 0 Å². The maximum absolute atomic E-state index is 3.77. The van der Waals surface area contributed by atoms with Crippen LogP contribution in [0.1, 0.15) is 57.4 Å². The molecule has 1 fully saturated rings. The first kappa shape index (κ1) is 13.6. The Hall–Kier alpha value is -0.820. The van der Waals surface area contributed by atoms with Gasteiger partial charge in [0.05, 0.1) is 0 Å². The van der Waals surface area contributed by atoms with Gasteiger partial charge < -0.3 is 5.32 Å². The molecule has 0 heterocycles. The summed E-state index contributed by atoms with van der Waals surface area (Å²) in [4.78, 5) is 0. The lowest BCUT2D eigenvalue weighted by Gasteiger charge is -2.21. The molecule has 1 saturated carbocycles. The van der Waals surface area contributed by atoms with E-state index in [9.17, 15) is 0 Å². The molecule has 18 heavy (non-hydrogen) atoms. The van der Waals surface area contributed by atoms with Crippen molar-refractivity contribution >= 4 is 0 Å². The fourth-order valence-corrected chi connectivity index (χ4v) is 3.15. The Labute approximate surface area is 112 Å². The fraction of sp³-hybridized carbons (Fsp3) is 0.647. The molecule has 1 nitrogen and oxygen atoms in total. The molecule has 0 saturated heterocycles. The van der Waals surface area contributed by atoms with Crippen molar-refractivity contribution in [2.75, 3.05) is 0 Å². The molecular weight excluding hydrogens is 218 g/mol. The topological polar surface area (TPSA) is 12.0 Å². The molecule has 0 spiro atoms. The van der Waals surface area contributed by atoms with Crippen molar-refractivity contribution in [3.05, 3.63) is 35.9 Å². The average molecular weight is 245 g/mol. The standard InChI is InChI=1S/C17H27N/c1-2-3-5-11-16-12-8-13-17(16)18-14-15-9-6-4-7-10-15/h4,6-7,9-10,16-18H,2-3,5,8,11-14H2,1H3/t16-,17-/m1/s1. The number of nitrogens with one attached hydrogen (secondary N) is 1. The van der Waals surface area contributed by atoms with E-state index in [1.807, 2.05) is 0 Å². The van der Waals surface area contributed by atoms with Gasteiger partial charge in [0.15, 0.2) is 0 Å². The maximum Gasteiger partial charge on any atom is 0.0208 e. The summed E-state index contributed by atoms with van der Waals surface area (Å²) < 4.78 is 0. The quantitative estimate of drug-likeness (QED) is 0.696. The van der Waals surface area contributed by atoms with Crippen LogP contribution in [0.25, 0.3) is 0 Å². The van der Waals surface area contributed by atoms with Gasteiger partial charge in [0.25, 0.3) is 0 Å². The number of hydrogen-bond donors (Lipinski definition) is 1. The van der Waals surface area contributed by atoms with Gasteiger partial charge in [-0.05, 0) is 30.7 Å². The van der Waals surface area contributed by atoms with Crippen molar-refractivity contribution in [1.82, 2.24) is 5.32 Å². The first-order chi connectivity index (χ1) is 8.90. The third-order valence-electron chi connectivity index (χ3n) is 4.25. The lowest BCUT2D eigenvalue weighted by molar-refractivity contribution is 0.366. The van der Waals surface area contributed by atoms with Gasteiger partial charge in [-0.3, -0.25) is 0 Å². The molecule has 1 N–H and O–H groups in total. The number of rotatable bonds is 7. The summed E-state index contributed by atoms with van der Waals surface area (Å²) in [6, 6.07) is 11.5. The van der Waals surface area contributed by atoms with Crippen molar-refractivity contribution in [2.45, 2.75) is 64.5 Å². The summed E-state index contributed by atoms with van der Waals surface area (Å²) in [6.45, 7) is 3.33. The predicted molar refractivity (Wildman–Crippen MR) is 78.6 cm³/mol. The molecule has 2 rings (SSSR count). The predicted octanol–water partition coefficient (Wildman–Crippen LogP) is 4.53. The molecule has 0 unspecified atom stereocenters. The molecule has 1 aromatic rings. The third-order valence-corrected chi connectivity index (χ3v) is 4.25. The van der Waals surface area contributed by atoms with E-state index in [1.165, 1.54) is 50.5 Å². The second kappa shape index (κ2) is 7.58. The Balaban J connectivity index is 1.74. The third kappa shape index (κ3) is 4.13. The normalized spacial score (nSPS) is 23.4. The van der Waals surface area contributed by atoms with Gasteiger partial charge in [-0.1, -0.05) is 62.9 Å². The van der Waals surface area contributed by atoms with E-state index in [2.05, 4.69) is 42.6 Å². The molecule has 0 aromatic heterocycles. The second-order valence-electron chi connectivity index (χ2n) is 5.66. The minimum Gasteiger partial charge on any atom is -0.310 e. The van der Waals surface area contributed by atoms with Crippen molar-refractivity contribution in [1.29, 1.82) is 0 Å². The molecule has 1 aromatic carbocycles. The van der Waals surface area contributed by atoms with Crippen LogP contribution >= 0.6 is 0 Å². The highest BCUT2D eigenvalue weighted by atomic mass is 14.9. The Morgan fingerprint density at radius 1 is 1.11 bits per heavy atom. The van der Waals surface area contributed by atoms with Crippen LogP contribution in [0.15, 0.2) is 30.3 Å². The van der Waals surface area contributed by atoms with Crippen LogP contribution in [0.5, 0.6) is 0 Å². The Morgan fingerprint density at radius 3 is 2.72 bits per heavy atom. The van der Waals surface area contributed by atoms with Gasteiger partial charge in [0.1, 0.15) is 0 Å². The van der Waals surface area contributed by atoms with Gasteiger partial charge in [-0.25, -0.2) is 0 Å². The van der Waals surface area contributed by atoms with E-state index in [0.717, 1.165) is 18.5 Å². The largest absolute Gasteiger partial charge is 0.310 e. The molecule has 0 bridgehead atoms. The Kier molecular flexibility index (Phi) is 5.73. The van der Waals surface area contributed by atoms with Crippen molar-refractivity contribution < 1.29 is 0 Å². The first-order valence-electron chi connectivity index (χ1n) is 7.67. The molecule has 0 amide bonds.